The molecule has 0 N–H and O–H groups in total. The first-order chi connectivity index (χ1) is 31.3. The fourth-order valence-corrected chi connectivity index (χ4v) is 10.4. The Morgan fingerprint density at radius 2 is 0.905 bits per heavy atom. The minimum absolute atomic E-state index is 0.624. The summed E-state index contributed by atoms with van der Waals surface area (Å²) in [5.41, 5.74) is 16.6. The van der Waals surface area contributed by atoms with Gasteiger partial charge in [0, 0.05) is 33.2 Å². The van der Waals surface area contributed by atoms with Crippen LogP contribution in [-0.4, -0.2) is 15.0 Å². The van der Waals surface area contributed by atoms with E-state index in [1.165, 1.54) is 22.3 Å². The maximum absolute atomic E-state index is 6.42. The third kappa shape index (κ3) is 5.20. The van der Waals surface area contributed by atoms with Crippen molar-refractivity contribution in [2.45, 2.75) is 5.41 Å². The molecule has 1 aliphatic heterocycles. The minimum atomic E-state index is -0.677. The van der Waals surface area contributed by atoms with Crippen LogP contribution in [-0.2, 0) is 5.41 Å². The highest BCUT2D eigenvalue weighted by molar-refractivity contribution is 6.13. The summed E-state index contributed by atoms with van der Waals surface area (Å²) in [6.45, 7) is 0. The molecule has 0 atom stereocenters. The summed E-state index contributed by atoms with van der Waals surface area (Å²) in [6.07, 6.45) is 0. The number of furan rings is 1. The number of para-hydroxylation sites is 4. The third-order valence-electron chi connectivity index (χ3n) is 12.9. The summed E-state index contributed by atoms with van der Waals surface area (Å²) in [4.78, 5) is 18.2. The second-order valence-electron chi connectivity index (χ2n) is 16.3. The summed E-state index contributed by atoms with van der Waals surface area (Å²) < 4.78 is 6.42. The van der Waals surface area contributed by atoms with Gasteiger partial charge in [0.25, 0.3) is 0 Å². The zero-order valence-corrected chi connectivity index (χ0v) is 34.0. The quantitative estimate of drug-likeness (QED) is 0.173. The molecule has 0 bridgehead atoms. The Kier molecular flexibility index (Phi) is 7.75. The number of hydrogen-bond donors (Lipinski definition) is 0. The minimum Gasteiger partial charge on any atom is -0.456 e. The van der Waals surface area contributed by atoms with E-state index in [4.69, 9.17) is 19.4 Å². The van der Waals surface area contributed by atoms with Crippen LogP contribution >= 0.6 is 0 Å². The molecule has 294 valence electrons. The Labute approximate surface area is 364 Å². The normalized spacial score (nSPS) is 13.2. The maximum Gasteiger partial charge on any atom is 0.164 e. The third-order valence-corrected chi connectivity index (χ3v) is 12.9. The SMILES string of the molecule is c1ccc(-c2nc(-c3ccccc3)nc(-c3cccc4c3-c3cc(-c5cccc6oc7ccccc7c56)ccc3C43c4ccccc4N(c4ccccc4)c4ccccc43)n2)cc1. The van der Waals surface area contributed by atoms with Crippen molar-refractivity contribution in [1.82, 2.24) is 15.0 Å². The smallest absolute Gasteiger partial charge is 0.164 e. The molecule has 1 spiro atoms. The zero-order chi connectivity index (χ0) is 41.5. The molecule has 1 aliphatic carbocycles. The number of benzene rings is 9. The molecule has 0 fully saturated rings. The van der Waals surface area contributed by atoms with E-state index >= 15 is 0 Å². The molecule has 3 heterocycles. The Bertz CT molecular complexity index is 3480. The van der Waals surface area contributed by atoms with E-state index < -0.39 is 5.41 Å². The first-order valence-electron chi connectivity index (χ1n) is 21.4. The van der Waals surface area contributed by atoms with Crippen LogP contribution in [0.3, 0.4) is 0 Å². The van der Waals surface area contributed by atoms with Crippen LogP contribution in [0.1, 0.15) is 22.3 Å². The van der Waals surface area contributed by atoms with Gasteiger partial charge in [-0.05, 0) is 87.0 Å². The molecule has 0 amide bonds. The van der Waals surface area contributed by atoms with E-state index in [0.29, 0.717) is 17.5 Å². The Morgan fingerprint density at radius 3 is 1.60 bits per heavy atom. The number of rotatable bonds is 5. The van der Waals surface area contributed by atoms with Crippen molar-refractivity contribution < 1.29 is 4.42 Å². The van der Waals surface area contributed by atoms with Crippen molar-refractivity contribution in [2.24, 2.45) is 0 Å². The molecular weight excluding hydrogens is 769 g/mol. The second kappa shape index (κ2) is 13.8. The molecule has 0 saturated carbocycles. The van der Waals surface area contributed by atoms with Gasteiger partial charge in [-0.3, -0.25) is 0 Å². The van der Waals surface area contributed by atoms with E-state index in [9.17, 15) is 0 Å². The van der Waals surface area contributed by atoms with Gasteiger partial charge in [0.1, 0.15) is 11.2 Å². The number of nitrogens with zero attached hydrogens (tertiary/aromatic N) is 4. The van der Waals surface area contributed by atoms with Crippen LogP contribution in [0.5, 0.6) is 0 Å². The van der Waals surface area contributed by atoms with Gasteiger partial charge in [-0.25, -0.2) is 15.0 Å². The molecule has 0 saturated heterocycles. The van der Waals surface area contributed by atoms with Crippen molar-refractivity contribution in [2.75, 3.05) is 4.90 Å². The average Bonchev–Trinajstić information content (AvgIpc) is 3.89. The number of fused-ring (bicyclic) bond motifs is 12. The topological polar surface area (TPSA) is 55.1 Å². The lowest BCUT2D eigenvalue weighted by Gasteiger charge is -2.45. The van der Waals surface area contributed by atoms with Gasteiger partial charge in [-0.2, -0.15) is 0 Å². The fourth-order valence-electron chi connectivity index (χ4n) is 10.4. The lowest BCUT2D eigenvalue weighted by molar-refractivity contribution is 0.669. The summed E-state index contributed by atoms with van der Waals surface area (Å²) in [5, 5.41) is 2.21. The summed E-state index contributed by atoms with van der Waals surface area (Å²) in [6, 6.07) is 77.5. The molecule has 2 aromatic heterocycles. The first-order valence-corrected chi connectivity index (χ1v) is 21.4. The predicted molar refractivity (Wildman–Crippen MR) is 254 cm³/mol. The van der Waals surface area contributed by atoms with Crippen LogP contribution < -0.4 is 4.90 Å². The molecule has 63 heavy (non-hydrogen) atoms. The Hall–Kier alpha value is -8.41. The van der Waals surface area contributed by atoms with Crippen molar-refractivity contribution in [3.8, 4) is 56.4 Å². The predicted octanol–water partition coefficient (Wildman–Crippen LogP) is 14.6. The van der Waals surface area contributed by atoms with Gasteiger partial charge in [0.15, 0.2) is 17.5 Å². The van der Waals surface area contributed by atoms with Crippen LogP contribution in [0.2, 0.25) is 0 Å². The molecule has 11 aromatic rings. The molecule has 13 rings (SSSR count). The van der Waals surface area contributed by atoms with Crippen molar-refractivity contribution in [1.29, 1.82) is 0 Å². The number of aromatic nitrogens is 3. The van der Waals surface area contributed by atoms with Crippen LogP contribution in [0.4, 0.5) is 17.1 Å². The molecule has 5 heteroatoms. The van der Waals surface area contributed by atoms with Crippen LogP contribution in [0.15, 0.2) is 223 Å². The maximum atomic E-state index is 6.42. The van der Waals surface area contributed by atoms with Crippen molar-refractivity contribution >= 4 is 39.0 Å². The Morgan fingerprint density at radius 1 is 0.365 bits per heavy atom. The second-order valence-corrected chi connectivity index (χ2v) is 16.3. The van der Waals surface area contributed by atoms with Gasteiger partial charge in [-0.1, -0.05) is 176 Å². The first kappa shape index (κ1) is 35.4. The number of hydrogen-bond acceptors (Lipinski definition) is 5. The lowest BCUT2D eigenvalue weighted by atomic mass is 9.64. The van der Waals surface area contributed by atoms with Gasteiger partial charge >= 0.3 is 0 Å². The highest BCUT2D eigenvalue weighted by atomic mass is 16.3. The zero-order valence-electron chi connectivity index (χ0n) is 34.0. The van der Waals surface area contributed by atoms with Gasteiger partial charge in [-0.15, -0.1) is 0 Å². The fraction of sp³-hybridized carbons (Fsp3) is 0.0172. The van der Waals surface area contributed by atoms with Crippen molar-refractivity contribution in [3.63, 3.8) is 0 Å². The highest BCUT2D eigenvalue weighted by Crippen LogP contribution is 2.65. The van der Waals surface area contributed by atoms with E-state index in [1.807, 2.05) is 48.5 Å². The molecule has 2 aliphatic rings. The van der Waals surface area contributed by atoms with Crippen LogP contribution in [0.25, 0.3) is 78.4 Å². The lowest BCUT2D eigenvalue weighted by Crippen LogP contribution is -2.36. The molecular formula is C58H36N4O. The molecule has 9 aromatic carbocycles. The van der Waals surface area contributed by atoms with E-state index in [1.54, 1.807) is 0 Å². The standard InChI is InChI=1S/C58H36N4O/c1-4-18-37(19-5-1)55-59-56(38-20-6-2-7-21-38)61-57(60-55)43-26-16-29-48-53(43)44-36-39(41-25-17-33-52-54(41)42-24-10-15-32-51(42)63-52)34-35-45(44)58(48)46-27-11-13-30-49(46)62(40-22-8-3-9-23-40)50-31-14-12-28-47(50)58/h1-36H. The number of anilines is 3. The monoisotopic (exact) mass is 804 g/mol. The van der Waals surface area contributed by atoms with Crippen molar-refractivity contribution in [3.05, 3.63) is 241 Å². The highest BCUT2D eigenvalue weighted by Gasteiger charge is 2.52. The summed E-state index contributed by atoms with van der Waals surface area (Å²) >= 11 is 0. The summed E-state index contributed by atoms with van der Waals surface area (Å²) in [5.74, 6) is 1.88. The van der Waals surface area contributed by atoms with E-state index in [-0.39, 0.29) is 0 Å². The average molecular weight is 805 g/mol. The van der Waals surface area contributed by atoms with Gasteiger partial charge < -0.3 is 9.32 Å². The Balaban J connectivity index is 1.14. The molecule has 0 radical (unpaired) electrons. The summed E-state index contributed by atoms with van der Waals surface area (Å²) in [7, 11) is 0. The van der Waals surface area contributed by atoms with E-state index in [0.717, 1.165) is 77.9 Å². The van der Waals surface area contributed by atoms with Gasteiger partial charge in [0.05, 0.1) is 16.8 Å². The molecule has 0 unspecified atom stereocenters. The van der Waals surface area contributed by atoms with E-state index in [2.05, 4.69) is 175 Å². The molecule has 5 nitrogen and oxygen atoms in total. The largest absolute Gasteiger partial charge is 0.456 e. The van der Waals surface area contributed by atoms with Gasteiger partial charge in [0.2, 0.25) is 0 Å². The van der Waals surface area contributed by atoms with Crippen LogP contribution in [0, 0.1) is 0 Å².